The van der Waals surface area contributed by atoms with Crippen molar-refractivity contribution in [1.29, 1.82) is 0 Å². The molecule has 7 heteroatoms. The lowest BCUT2D eigenvalue weighted by Gasteiger charge is -2.37. The number of ether oxygens (including phenoxy) is 1. The van der Waals surface area contributed by atoms with Crippen LogP contribution in [0.15, 0.2) is 23.4 Å². The van der Waals surface area contributed by atoms with Gasteiger partial charge in [0.1, 0.15) is 0 Å². The lowest BCUT2D eigenvalue weighted by Crippen LogP contribution is -2.52. The topological polar surface area (TPSA) is 87.2 Å². The van der Waals surface area contributed by atoms with Crippen molar-refractivity contribution in [3.63, 3.8) is 0 Å². The van der Waals surface area contributed by atoms with Gasteiger partial charge in [-0.25, -0.2) is 4.98 Å². The van der Waals surface area contributed by atoms with Crippen molar-refractivity contribution in [2.45, 2.75) is 19.5 Å². The Morgan fingerprint density at radius 1 is 1.43 bits per heavy atom. The van der Waals surface area contributed by atoms with Gasteiger partial charge in [-0.1, -0.05) is 11.2 Å². The van der Waals surface area contributed by atoms with Crippen molar-refractivity contribution in [2.24, 2.45) is 10.9 Å². The Bertz CT molecular complexity index is 486. The van der Waals surface area contributed by atoms with E-state index < -0.39 is 0 Å². The molecule has 0 aromatic carbocycles. The third-order valence-electron chi connectivity index (χ3n) is 3.87. The van der Waals surface area contributed by atoms with Crippen LogP contribution in [0.1, 0.15) is 12.6 Å². The predicted molar refractivity (Wildman–Crippen MR) is 80.5 cm³/mol. The van der Waals surface area contributed by atoms with E-state index in [1.54, 1.807) is 7.11 Å². The number of hydrogen-bond donors (Lipinski definition) is 2. The van der Waals surface area contributed by atoms with E-state index in [1.807, 2.05) is 25.1 Å². The number of rotatable bonds is 5. The van der Waals surface area contributed by atoms with Crippen molar-refractivity contribution in [3.05, 3.63) is 23.9 Å². The fourth-order valence-corrected chi connectivity index (χ4v) is 2.47. The zero-order chi connectivity index (χ0) is 15.2. The first-order chi connectivity index (χ1) is 10.1. The van der Waals surface area contributed by atoms with E-state index in [9.17, 15) is 0 Å². The van der Waals surface area contributed by atoms with Gasteiger partial charge >= 0.3 is 0 Å². The molecule has 2 heterocycles. The molecular weight excluding hydrogens is 270 g/mol. The van der Waals surface area contributed by atoms with Gasteiger partial charge in [0.05, 0.1) is 18.8 Å². The maximum absolute atomic E-state index is 8.74. The molecule has 0 aliphatic carbocycles. The summed E-state index contributed by atoms with van der Waals surface area (Å²) in [5, 5.41) is 11.8. The number of oxime groups is 1. The highest BCUT2D eigenvalue weighted by Gasteiger charge is 2.23. The molecular formula is C14H23N5O2. The molecule has 1 unspecified atom stereocenters. The summed E-state index contributed by atoms with van der Waals surface area (Å²) in [6.45, 7) is 6.41. The largest absolute Gasteiger partial charge is 0.481 e. The molecule has 1 atom stereocenters. The molecule has 0 radical (unpaired) electrons. The first-order valence-electron chi connectivity index (χ1n) is 7.07. The van der Waals surface area contributed by atoms with Gasteiger partial charge < -0.3 is 15.7 Å². The van der Waals surface area contributed by atoms with E-state index >= 15 is 0 Å². The quantitative estimate of drug-likeness (QED) is 0.352. The van der Waals surface area contributed by atoms with Gasteiger partial charge in [-0.2, -0.15) is 0 Å². The lowest BCUT2D eigenvalue weighted by molar-refractivity contribution is 0.115. The molecule has 7 nitrogen and oxygen atoms in total. The van der Waals surface area contributed by atoms with Gasteiger partial charge in [-0.3, -0.25) is 9.80 Å². The number of methoxy groups -OCH3 is 1. The Kier molecular flexibility index (Phi) is 5.35. The highest BCUT2D eigenvalue weighted by Crippen LogP contribution is 2.12. The summed E-state index contributed by atoms with van der Waals surface area (Å²) in [6, 6.07) is 5.78. The van der Waals surface area contributed by atoms with Crippen LogP contribution < -0.4 is 10.5 Å². The number of amidine groups is 1. The Hall–Kier alpha value is -1.86. The van der Waals surface area contributed by atoms with Crippen molar-refractivity contribution >= 4 is 5.84 Å². The van der Waals surface area contributed by atoms with E-state index in [1.165, 1.54) is 0 Å². The summed E-state index contributed by atoms with van der Waals surface area (Å²) in [7, 11) is 1.62. The highest BCUT2D eigenvalue weighted by molar-refractivity contribution is 5.84. The standard InChI is InChI=1S/C14H23N5O2/c1-11(14(15)17-20)19-8-6-18(7-9-19)10-12-4-3-5-13(16-12)21-2/h3-5,11,20H,6-10H2,1-2H3,(H2,15,17). The van der Waals surface area contributed by atoms with Crippen molar-refractivity contribution < 1.29 is 9.94 Å². The fraction of sp³-hybridized carbons (Fsp3) is 0.571. The summed E-state index contributed by atoms with van der Waals surface area (Å²) in [4.78, 5) is 8.99. The van der Waals surface area contributed by atoms with Crippen LogP contribution >= 0.6 is 0 Å². The van der Waals surface area contributed by atoms with Crippen molar-refractivity contribution in [2.75, 3.05) is 33.3 Å². The van der Waals surface area contributed by atoms with E-state index in [2.05, 4.69) is 19.9 Å². The molecule has 1 aliphatic heterocycles. The first kappa shape index (κ1) is 15.5. The third-order valence-corrected chi connectivity index (χ3v) is 3.87. The Balaban J connectivity index is 1.86. The molecule has 0 bridgehead atoms. The number of nitrogens with two attached hydrogens (primary N) is 1. The first-order valence-corrected chi connectivity index (χ1v) is 7.07. The summed E-state index contributed by atoms with van der Waals surface area (Å²) in [6.07, 6.45) is 0. The number of hydrogen-bond acceptors (Lipinski definition) is 6. The summed E-state index contributed by atoms with van der Waals surface area (Å²) in [5.74, 6) is 0.907. The van der Waals surface area contributed by atoms with Crippen molar-refractivity contribution in [1.82, 2.24) is 14.8 Å². The van der Waals surface area contributed by atoms with Crippen molar-refractivity contribution in [3.8, 4) is 5.88 Å². The van der Waals surface area contributed by atoms with Crippen LogP contribution in [0.5, 0.6) is 5.88 Å². The second-order valence-electron chi connectivity index (χ2n) is 5.18. The minimum absolute atomic E-state index is 0.0351. The second-order valence-corrected chi connectivity index (χ2v) is 5.18. The van der Waals surface area contributed by atoms with Crippen LogP contribution in [0, 0.1) is 0 Å². The summed E-state index contributed by atoms with van der Waals surface area (Å²) in [5.41, 5.74) is 6.67. The molecule has 1 aromatic rings. The van der Waals surface area contributed by atoms with Gasteiger partial charge in [0.15, 0.2) is 5.84 Å². The third kappa shape index (κ3) is 4.05. The van der Waals surface area contributed by atoms with Gasteiger partial charge in [0.25, 0.3) is 0 Å². The number of aromatic nitrogens is 1. The normalized spacial score (nSPS) is 19.4. The molecule has 0 spiro atoms. The Morgan fingerprint density at radius 3 is 2.76 bits per heavy atom. The Labute approximate surface area is 125 Å². The van der Waals surface area contributed by atoms with Gasteiger partial charge in [0.2, 0.25) is 5.88 Å². The molecule has 1 fully saturated rings. The fourth-order valence-electron chi connectivity index (χ4n) is 2.47. The smallest absolute Gasteiger partial charge is 0.213 e. The van der Waals surface area contributed by atoms with E-state index in [0.717, 1.165) is 38.4 Å². The molecule has 116 valence electrons. The zero-order valence-electron chi connectivity index (χ0n) is 12.6. The second kappa shape index (κ2) is 7.24. The molecule has 2 rings (SSSR count). The number of pyridine rings is 1. The lowest BCUT2D eigenvalue weighted by atomic mass is 10.2. The average molecular weight is 293 g/mol. The zero-order valence-corrected chi connectivity index (χ0v) is 12.6. The van der Waals surface area contributed by atoms with E-state index in [4.69, 9.17) is 15.7 Å². The van der Waals surface area contributed by atoms with Crippen LogP contribution in [-0.2, 0) is 6.54 Å². The number of nitrogens with zero attached hydrogens (tertiary/aromatic N) is 4. The average Bonchev–Trinajstić information content (AvgIpc) is 2.54. The molecule has 0 saturated carbocycles. The molecule has 3 N–H and O–H groups in total. The minimum atomic E-state index is -0.0351. The van der Waals surface area contributed by atoms with Crippen LogP contribution in [0.4, 0.5) is 0 Å². The molecule has 21 heavy (non-hydrogen) atoms. The van der Waals surface area contributed by atoms with Crippen LogP contribution in [-0.4, -0.2) is 65.2 Å². The molecule has 1 aromatic heterocycles. The molecule has 1 aliphatic rings. The predicted octanol–water partition coefficient (Wildman–Crippen LogP) is 0.343. The summed E-state index contributed by atoms with van der Waals surface area (Å²) < 4.78 is 5.14. The van der Waals surface area contributed by atoms with Crippen LogP contribution in [0.25, 0.3) is 0 Å². The monoisotopic (exact) mass is 293 g/mol. The SMILES string of the molecule is COc1cccc(CN2CCN(C(C)C(N)=NO)CC2)n1. The highest BCUT2D eigenvalue weighted by atomic mass is 16.5. The van der Waals surface area contributed by atoms with Crippen LogP contribution in [0.3, 0.4) is 0 Å². The van der Waals surface area contributed by atoms with Gasteiger partial charge in [-0.15, -0.1) is 0 Å². The van der Waals surface area contributed by atoms with Crippen LogP contribution in [0.2, 0.25) is 0 Å². The minimum Gasteiger partial charge on any atom is -0.481 e. The van der Waals surface area contributed by atoms with E-state index in [0.29, 0.717) is 5.88 Å². The van der Waals surface area contributed by atoms with E-state index in [-0.39, 0.29) is 11.9 Å². The molecule has 1 saturated heterocycles. The molecule has 0 amide bonds. The van der Waals surface area contributed by atoms with Gasteiger partial charge in [-0.05, 0) is 13.0 Å². The maximum atomic E-state index is 8.74. The Morgan fingerprint density at radius 2 is 2.14 bits per heavy atom. The number of piperazine rings is 1. The maximum Gasteiger partial charge on any atom is 0.213 e. The van der Waals surface area contributed by atoms with Gasteiger partial charge in [0, 0.05) is 38.8 Å². The summed E-state index contributed by atoms with van der Waals surface area (Å²) >= 11 is 0.